The number of rotatable bonds is 8. The molecule has 0 spiro atoms. The van der Waals surface area contributed by atoms with E-state index in [1.165, 1.54) is 4.90 Å². The first-order valence-corrected chi connectivity index (χ1v) is 11.7. The largest absolute Gasteiger partial charge is 0.496 e. The van der Waals surface area contributed by atoms with Crippen LogP contribution in [0.5, 0.6) is 11.5 Å². The average molecular weight is 499 g/mol. The summed E-state index contributed by atoms with van der Waals surface area (Å²) in [5.41, 5.74) is 2.13. The molecule has 0 saturated heterocycles. The van der Waals surface area contributed by atoms with Crippen LogP contribution in [0.3, 0.4) is 0 Å². The fraction of sp³-hybridized carbons (Fsp3) is 0.385. The van der Waals surface area contributed by atoms with Crippen molar-refractivity contribution in [1.29, 1.82) is 0 Å². The van der Waals surface area contributed by atoms with E-state index >= 15 is 0 Å². The van der Waals surface area contributed by atoms with Gasteiger partial charge in [0.2, 0.25) is 0 Å². The predicted octanol–water partition coefficient (Wildman–Crippen LogP) is 2.55. The molecule has 0 aliphatic carbocycles. The summed E-state index contributed by atoms with van der Waals surface area (Å²) < 4.78 is 11.5. The summed E-state index contributed by atoms with van der Waals surface area (Å²) in [6.45, 7) is 4.98. The molecule has 36 heavy (non-hydrogen) atoms. The molecule has 2 aromatic rings. The van der Waals surface area contributed by atoms with Crippen molar-refractivity contribution in [2.75, 3.05) is 33.4 Å². The maximum atomic E-state index is 12.6. The van der Waals surface area contributed by atoms with Crippen molar-refractivity contribution >= 4 is 23.8 Å². The molecule has 192 valence electrons. The molecule has 0 bridgehead atoms. The number of carboxylic acid groups (broad SMARTS) is 2. The number of nitrogens with zero attached hydrogens (tertiary/aromatic N) is 2. The number of ether oxygens (including phenoxy) is 2. The summed E-state index contributed by atoms with van der Waals surface area (Å²) in [4.78, 5) is 47.1. The van der Waals surface area contributed by atoms with Crippen LogP contribution in [-0.4, -0.2) is 83.2 Å². The van der Waals surface area contributed by atoms with Gasteiger partial charge >= 0.3 is 11.9 Å². The molecule has 0 saturated carbocycles. The van der Waals surface area contributed by atoms with Gasteiger partial charge < -0.3 is 19.7 Å². The van der Waals surface area contributed by atoms with Gasteiger partial charge in [0.1, 0.15) is 18.1 Å². The molecule has 10 nitrogen and oxygen atoms in total. The Morgan fingerprint density at radius 1 is 1.03 bits per heavy atom. The van der Waals surface area contributed by atoms with Gasteiger partial charge in [-0.3, -0.25) is 19.4 Å². The van der Waals surface area contributed by atoms with Crippen molar-refractivity contribution in [2.24, 2.45) is 0 Å². The maximum Gasteiger partial charge on any atom is 0.414 e. The zero-order valence-corrected chi connectivity index (χ0v) is 20.3. The van der Waals surface area contributed by atoms with Crippen LogP contribution in [0.4, 0.5) is 0 Å². The standard InChI is InChI=1S/C24H28N2O4.C2H2O4/c1-3-12-25(17-15-20-21(29-2)10-6-11-22(20)30-16-17)13-7-14-26-23(27)18-8-4-5-9-19(18)24(26)28;3-1(4)2(5)6/h4-6,8-11,17H,3,7,12-16H2,1-2H3;(H,3,4)(H,5,6). The highest BCUT2D eigenvalue weighted by molar-refractivity contribution is 6.27. The summed E-state index contributed by atoms with van der Waals surface area (Å²) in [5.74, 6) is -2.26. The lowest BCUT2D eigenvalue weighted by Crippen LogP contribution is -2.45. The highest BCUT2D eigenvalue weighted by Crippen LogP contribution is 2.34. The third-order valence-corrected chi connectivity index (χ3v) is 6.10. The molecular weight excluding hydrogens is 468 g/mol. The Balaban J connectivity index is 0.000000538. The van der Waals surface area contributed by atoms with E-state index in [4.69, 9.17) is 29.3 Å². The van der Waals surface area contributed by atoms with E-state index in [1.54, 1.807) is 31.4 Å². The maximum absolute atomic E-state index is 12.6. The summed E-state index contributed by atoms with van der Waals surface area (Å²) in [6, 6.07) is 13.2. The minimum absolute atomic E-state index is 0.183. The molecule has 10 heteroatoms. The topological polar surface area (TPSA) is 134 Å². The third-order valence-electron chi connectivity index (χ3n) is 6.10. The minimum Gasteiger partial charge on any atom is -0.496 e. The SMILES string of the molecule is CCCN(CCCN1C(=O)c2ccccc2C1=O)C1COc2cccc(OC)c2C1.O=C(O)C(=O)O. The molecule has 2 amide bonds. The van der Waals surface area contributed by atoms with E-state index in [9.17, 15) is 9.59 Å². The molecule has 0 radical (unpaired) electrons. The molecule has 2 aromatic carbocycles. The zero-order chi connectivity index (χ0) is 26.2. The number of methoxy groups -OCH3 is 1. The van der Waals surface area contributed by atoms with Crippen LogP contribution < -0.4 is 9.47 Å². The number of benzene rings is 2. The number of carboxylic acids is 2. The van der Waals surface area contributed by atoms with Crippen LogP contribution >= 0.6 is 0 Å². The Bertz CT molecular complexity index is 1070. The lowest BCUT2D eigenvalue weighted by atomic mass is 10.00. The molecule has 2 aliphatic rings. The quantitative estimate of drug-likeness (QED) is 0.416. The van der Waals surface area contributed by atoms with Crippen LogP contribution in [0, 0.1) is 0 Å². The van der Waals surface area contributed by atoms with Gasteiger partial charge in [-0.1, -0.05) is 25.1 Å². The monoisotopic (exact) mass is 498 g/mol. The van der Waals surface area contributed by atoms with Crippen molar-refractivity contribution in [3.05, 3.63) is 59.2 Å². The smallest absolute Gasteiger partial charge is 0.414 e. The van der Waals surface area contributed by atoms with Gasteiger partial charge in [-0.2, -0.15) is 0 Å². The first-order valence-electron chi connectivity index (χ1n) is 11.7. The van der Waals surface area contributed by atoms with Gasteiger partial charge in [0.05, 0.1) is 18.2 Å². The van der Waals surface area contributed by atoms with E-state index < -0.39 is 11.9 Å². The molecule has 2 aliphatic heterocycles. The highest BCUT2D eigenvalue weighted by atomic mass is 16.5. The predicted molar refractivity (Wildman–Crippen MR) is 130 cm³/mol. The Hall–Kier alpha value is -3.92. The van der Waals surface area contributed by atoms with Gasteiger partial charge in [0, 0.05) is 24.7 Å². The van der Waals surface area contributed by atoms with E-state index in [1.807, 2.05) is 18.2 Å². The number of imide groups is 1. The minimum atomic E-state index is -1.82. The number of hydrogen-bond acceptors (Lipinski definition) is 7. The van der Waals surface area contributed by atoms with Crippen molar-refractivity contribution in [1.82, 2.24) is 9.80 Å². The van der Waals surface area contributed by atoms with Crippen molar-refractivity contribution in [3.8, 4) is 11.5 Å². The van der Waals surface area contributed by atoms with Crippen LogP contribution in [0.2, 0.25) is 0 Å². The lowest BCUT2D eigenvalue weighted by molar-refractivity contribution is -0.159. The highest BCUT2D eigenvalue weighted by Gasteiger charge is 2.35. The Kier molecular flexibility index (Phi) is 9.02. The summed E-state index contributed by atoms with van der Waals surface area (Å²) in [7, 11) is 1.69. The Morgan fingerprint density at radius 3 is 2.22 bits per heavy atom. The number of hydrogen-bond donors (Lipinski definition) is 2. The number of carbonyl (C=O) groups excluding carboxylic acids is 2. The van der Waals surface area contributed by atoms with Crippen LogP contribution in [0.1, 0.15) is 46.0 Å². The summed E-state index contributed by atoms with van der Waals surface area (Å²) in [6.07, 6.45) is 2.63. The van der Waals surface area contributed by atoms with E-state index in [-0.39, 0.29) is 17.9 Å². The third kappa shape index (κ3) is 6.01. The fourth-order valence-electron chi connectivity index (χ4n) is 4.43. The number of amides is 2. The first kappa shape index (κ1) is 26.7. The second-order valence-corrected chi connectivity index (χ2v) is 8.41. The van der Waals surface area contributed by atoms with Crippen LogP contribution in [0.25, 0.3) is 0 Å². The van der Waals surface area contributed by atoms with Gasteiger partial charge in [0.15, 0.2) is 0 Å². The van der Waals surface area contributed by atoms with Crippen molar-refractivity contribution in [2.45, 2.75) is 32.2 Å². The average Bonchev–Trinajstić information content (AvgIpc) is 3.12. The molecule has 0 fully saturated rings. The summed E-state index contributed by atoms with van der Waals surface area (Å²) >= 11 is 0. The van der Waals surface area contributed by atoms with Gasteiger partial charge in [-0.05, 0) is 50.1 Å². The molecular formula is C26H30N2O8. The molecule has 1 unspecified atom stereocenters. The summed E-state index contributed by atoms with van der Waals surface area (Å²) in [5, 5.41) is 14.8. The second-order valence-electron chi connectivity index (χ2n) is 8.41. The number of carbonyl (C=O) groups is 4. The van der Waals surface area contributed by atoms with Gasteiger partial charge in [-0.15, -0.1) is 0 Å². The van der Waals surface area contributed by atoms with Crippen molar-refractivity contribution < 1.29 is 38.9 Å². The van der Waals surface area contributed by atoms with Gasteiger partial charge in [0.25, 0.3) is 11.8 Å². The van der Waals surface area contributed by atoms with E-state index in [0.29, 0.717) is 24.3 Å². The Morgan fingerprint density at radius 2 is 1.67 bits per heavy atom. The van der Waals surface area contributed by atoms with Gasteiger partial charge in [-0.25, -0.2) is 9.59 Å². The molecule has 2 heterocycles. The van der Waals surface area contributed by atoms with Crippen LogP contribution in [-0.2, 0) is 16.0 Å². The van der Waals surface area contributed by atoms with Crippen LogP contribution in [0.15, 0.2) is 42.5 Å². The van der Waals surface area contributed by atoms with Crippen molar-refractivity contribution in [3.63, 3.8) is 0 Å². The number of aliphatic carboxylic acids is 2. The molecule has 1 atom stereocenters. The lowest BCUT2D eigenvalue weighted by Gasteiger charge is -2.35. The molecule has 2 N–H and O–H groups in total. The fourth-order valence-corrected chi connectivity index (χ4v) is 4.43. The Labute approximate surface area is 209 Å². The normalized spacial score (nSPS) is 16.0. The zero-order valence-electron chi connectivity index (χ0n) is 20.3. The van der Waals surface area contributed by atoms with E-state index in [0.717, 1.165) is 49.4 Å². The molecule has 4 rings (SSSR count). The second kappa shape index (κ2) is 12.2. The molecule has 0 aromatic heterocycles. The first-order chi connectivity index (χ1) is 17.3. The number of fused-ring (bicyclic) bond motifs is 2. The van der Waals surface area contributed by atoms with E-state index in [2.05, 4.69) is 11.8 Å².